The number of carbonyl (C=O) groups excluding carboxylic acids is 1. The van der Waals surface area contributed by atoms with Crippen LogP contribution in [0.15, 0.2) is 47.1 Å². The molecule has 0 unspecified atom stereocenters. The van der Waals surface area contributed by atoms with E-state index in [0.29, 0.717) is 29.1 Å². The number of benzene rings is 1. The number of anilines is 1. The van der Waals surface area contributed by atoms with Gasteiger partial charge in [0, 0.05) is 16.4 Å². The number of aryl methyl sites for hydroxylation is 1. The minimum absolute atomic E-state index is 0.115. The van der Waals surface area contributed by atoms with Gasteiger partial charge in [-0.05, 0) is 52.7 Å². The summed E-state index contributed by atoms with van der Waals surface area (Å²) in [5.74, 6) is -1.38. The number of nitrogens with one attached hydrogen (secondary N) is 1. The zero-order chi connectivity index (χ0) is 17.3. The third kappa shape index (κ3) is 3.03. The Balaban J connectivity index is 2.01. The van der Waals surface area contributed by atoms with Crippen LogP contribution in [0, 0.1) is 0 Å². The average Bonchev–Trinajstić information content (AvgIpc) is 2.92. The van der Waals surface area contributed by atoms with Gasteiger partial charge in [0.15, 0.2) is 0 Å². The van der Waals surface area contributed by atoms with Crippen molar-refractivity contribution in [2.24, 2.45) is 0 Å². The highest BCUT2D eigenvalue weighted by Crippen LogP contribution is 2.19. The number of halogens is 1. The molecule has 0 saturated carbocycles. The highest BCUT2D eigenvalue weighted by Gasteiger charge is 2.19. The third-order valence-corrected chi connectivity index (χ3v) is 4.04. The fourth-order valence-electron chi connectivity index (χ4n) is 2.47. The predicted molar refractivity (Wildman–Crippen MR) is 93.6 cm³/mol. The van der Waals surface area contributed by atoms with Gasteiger partial charge in [0.05, 0.1) is 11.3 Å². The van der Waals surface area contributed by atoms with Crippen LogP contribution in [0.1, 0.15) is 33.5 Å². The van der Waals surface area contributed by atoms with E-state index in [1.54, 1.807) is 22.7 Å². The van der Waals surface area contributed by atoms with Gasteiger partial charge in [-0.2, -0.15) is 0 Å². The fourth-order valence-corrected chi connectivity index (χ4v) is 2.81. The fraction of sp³-hybridized carbons (Fsp3) is 0.118. The number of hydrogen-bond donors (Lipinski definition) is 2. The van der Waals surface area contributed by atoms with E-state index in [1.807, 2.05) is 19.1 Å². The van der Waals surface area contributed by atoms with Gasteiger partial charge < -0.3 is 10.4 Å². The smallest absolute Gasteiger partial charge is 0.335 e. The van der Waals surface area contributed by atoms with Gasteiger partial charge in [0.2, 0.25) is 0 Å². The molecule has 122 valence electrons. The van der Waals surface area contributed by atoms with E-state index in [9.17, 15) is 9.59 Å². The molecule has 0 aliphatic heterocycles. The van der Waals surface area contributed by atoms with E-state index >= 15 is 0 Å². The number of pyridine rings is 1. The molecule has 1 aromatic carbocycles. The van der Waals surface area contributed by atoms with Crippen LogP contribution >= 0.6 is 15.9 Å². The van der Waals surface area contributed by atoms with Crippen LogP contribution in [0.3, 0.4) is 0 Å². The molecule has 0 aliphatic rings. The van der Waals surface area contributed by atoms with Crippen LogP contribution in [0.5, 0.6) is 0 Å². The van der Waals surface area contributed by atoms with Crippen LogP contribution in [-0.2, 0) is 6.42 Å². The Labute approximate surface area is 146 Å². The molecular weight excluding hydrogens is 374 g/mol. The number of aromatic nitrogens is 2. The molecule has 2 aromatic heterocycles. The molecule has 0 bridgehead atoms. The molecule has 0 aliphatic carbocycles. The predicted octanol–water partition coefficient (Wildman–Crippen LogP) is 3.61. The highest BCUT2D eigenvalue weighted by molar-refractivity contribution is 9.10. The lowest BCUT2D eigenvalue weighted by atomic mass is 10.2. The number of amides is 1. The van der Waals surface area contributed by atoms with Crippen molar-refractivity contribution in [3.8, 4) is 0 Å². The van der Waals surface area contributed by atoms with Crippen molar-refractivity contribution in [1.29, 1.82) is 0 Å². The third-order valence-electron chi connectivity index (χ3n) is 3.57. The summed E-state index contributed by atoms with van der Waals surface area (Å²) in [7, 11) is 0. The van der Waals surface area contributed by atoms with E-state index in [0.717, 1.165) is 4.47 Å². The second-order valence-corrected chi connectivity index (χ2v) is 6.09. The summed E-state index contributed by atoms with van der Waals surface area (Å²) in [5.41, 5.74) is 2.34. The van der Waals surface area contributed by atoms with Gasteiger partial charge in [0.1, 0.15) is 11.3 Å². The van der Waals surface area contributed by atoms with Gasteiger partial charge >= 0.3 is 5.97 Å². The van der Waals surface area contributed by atoms with E-state index in [2.05, 4.69) is 26.2 Å². The van der Waals surface area contributed by atoms with Gasteiger partial charge in [-0.3, -0.25) is 9.20 Å². The van der Waals surface area contributed by atoms with Crippen LogP contribution < -0.4 is 5.32 Å². The van der Waals surface area contributed by atoms with Crippen molar-refractivity contribution in [3.05, 3.63) is 64.0 Å². The molecule has 0 atom stereocenters. The summed E-state index contributed by atoms with van der Waals surface area (Å²) < 4.78 is 2.55. The molecule has 24 heavy (non-hydrogen) atoms. The average molecular weight is 388 g/mol. The zero-order valence-corrected chi connectivity index (χ0v) is 14.4. The molecule has 2 heterocycles. The largest absolute Gasteiger partial charge is 0.478 e. The molecule has 0 saturated heterocycles. The second kappa shape index (κ2) is 6.45. The molecule has 0 radical (unpaired) electrons. The number of nitrogens with zero attached hydrogens (tertiary/aromatic N) is 2. The van der Waals surface area contributed by atoms with Crippen molar-refractivity contribution < 1.29 is 14.7 Å². The first-order valence-corrected chi connectivity index (χ1v) is 8.10. The molecule has 0 fully saturated rings. The Kier molecular flexibility index (Phi) is 4.35. The van der Waals surface area contributed by atoms with E-state index in [-0.39, 0.29) is 11.5 Å². The summed E-state index contributed by atoms with van der Waals surface area (Å²) >= 11 is 3.39. The number of fused-ring (bicyclic) bond motifs is 1. The van der Waals surface area contributed by atoms with Crippen LogP contribution in [0.25, 0.3) is 5.65 Å². The lowest BCUT2D eigenvalue weighted by Gasteiger charge is -2.07. The SMILES string of the molecule is CCc1nc2ccc(Br)cn2c1C(=O)Nc1cccc(C(=O)O)c1. The Hall–Kier alpha value is -2.67. The summed E-state index contributed by atoms with van der Waals surface area (Å²) in [5, 5.41) is 11.8. The lowest BCUT2D eigenvalue weighted by molar-refractivity contribution is 0.0696. The van der Waals surface area contributed by atoms with Crippen LogP contribution in [0.2, 0.25) is 0 Å². The Morgan fingerprint density at radius 1 is 1.29 bits per heavy atom. The minimum Gasteiger partial charge on any atom is -0.478 e. The van der Waals surface area contributed by atoms with Crippen LogP contribution in [0.4, 0.5) is 5.69 Å². The standard InChI is InChI=1S/C17H14BrN3O3/c1-2-13-15(21-9-11(18)6-7-14(21)20-13)16(22)19-12-5-3-4-10(8-12)17(23)24/h3-9H,2H2,1H3,(H,19,22)(H,23,24). The van der Waals surface area contributed by atoms with Crippen molar-refractivity contribution in [2.45, 2.75) is 13.3 Å². The zero-order valence-electron chi connectivity index (χ0n) is 12.8. The summed E-state index contributed by atoms with van der Waals surface area (Å²) in [6, 6.07) is 9.82. The molecule has 1 amide bonds. The molecule has 3 aromatic rings. The number of carboxylic acids is 1. The van der Waals surface area contributed by atoms with Crippen molar-refractivity contribution in [3.63, 3.8) is 0 Å². The molecule has 3 rings (SSSR count). The second-order valence-electron chi connectivity index (χ2n) is 5.18. The number of hydrogen-bond acceptors (Lipinski definition) is 3. The molecule has 7 heteroatoms. The Morgan fingerprint density at radius 3 is 2.79 bits per heavy atom. The van der Waals surface area contributed by atoms with E-state index in [1.165, 1.54) is 12.1 Å². The molecular formula is C17H14BrN3O3. The number of rotatable bonds is 4. The summed E-state index contributed by atoms with van der Waals surface area (Å²) in [6.45, 7) is 1.93. The monoisotopic (exact) mass is 387 g/mol. The summed E-state index contributed by atoms with van der Waals surface area (Å²) in [4.78, 5) is 28.2. The maximum Gasteiger partial charge on any atom is 0.335 e. The molecule has 2 N–H and O–H groups in total. The van der Waals surface area contributed by atoms with E-state index < -0.39 is 5.97 Å². The first-order chi connectivity index (χ1) is 11.5. The maximum atomic E-state index is 12.7. The summed E-state index contributed by atoms with van der Waals surface area (Å²) in [6.07, 6.45) is 2.39. The number of imidazole rings is 1. The van der Waals surface area contributed by atoms with E-state index in [4.69, 9.17) is 5.11 Å². The maximum absolute atomic E-state index is 12.7. The first kappa shape index (κ1) is 16.2. The topological polar surface area (TPSA) is 83.7 Å². The number of aromatic carboxylic acids is 1. The quantitative estimate of drug-likeness (QED) is 0.715. The van der Waals surface area contributed by atoms with Crippen molar-refractivity contribution >= 4 is 39.1 Å². The van der Waals surface area contributed by atoms with Crippen molar-refractivity contribution in [2.75, 3.05) is 5.32 Å². The van der Waals surface area contributed by atoms with Gasteiger partial charge in [-0.25, -0.2) is 9.78 Å². The lowest BCUT2D eigenvalue weighted by Crippen LogP contribution is -2.16. The number of carboxylic acid groups (broad SMARTS) is 1. The minimum atomic E-state index is -1.04. The molecule has 0 spiro atoms. The first-order valence-electron chi connectivity index (χ1n) is 7.30. The Bertz CT molecular complexity index is 949. The van der Waals surface area contributed by atoms with Crippen molar-refractivity contribution in [1.82, 2.24) is 9.38 Å². The van der Waals surface area contributed by atoms with Gasteiger partial charge in [-0.15, -0.1) is 0 Å². The normalized spacial score (nSPS) is 10.8. The Morgan fingerprint density at radius 2 is 2.08 bits per heavy atom. The molecule has 6 nitrogen and oxygen atoms in total. The highest BCUT2D eigenvalue weighted by atomic mass is 79.9. The van der Waals surface area contributed by atoms with Gasteiger partial charge in [-0.1, -0.05) is 13.0 Å². The van der Waals surface area contributed by atoms with Crippen LogP contribution in [-0.4, -0.2) is 26.4 Å². The van der Waals surface area contributed by atoms with Gasteiger partial charge in [0.25, 0.3) is 5.91 Å². The number of carbonyl (C=O) groups is 2.